The zero-order valence-electron chi connectivity index (χ0n) is 16.4. The van der Waals surface area contributed by atoms with Crippen molar-refractivity contribution in [1.82, 2.24) is 9.55 Å². The van der Waals surface area contributed by atoms with E-state index < -0.39 is 17.2 Å². The van der Waals surface area contributed by atoms with E-state index in [1.165, 1.54) is 10.6 Å². The predicted octanol–water partition coefficient (Wildman–Crippen LogP) is 5.88. The van der Waals surface area contributed by atoms with Crippen LogP contribution in [0.4, 0.5) is 8.78 Å². The lowest BCUT2D eigenvalue weighted by Crippen LogP contribution is -2.22. The molecule has 0 unspecified atom stereocenters. The number of nitrogens with zero attached hydrogens (tertiary/aromatic N) is 2. The number of halogens is 3. The molecule has 0 aliphatic carbocycles. The molecule has 4 rings (SSSR count). The van der Waals surface area contributed by atoms with Crippen molar-refractivity contribution in [3.8, 4) is 11.4 Å². The van der Waals surface area contributed by atoms with Crippen LogP contribution in [0.1, 0.15) is 21.8 Å². The Kier molecular flexibility index (Phi) is 5.34. The van der Waals surface area contributed by atoms with Gasteiger partial charge in [0.1, 0.15) is 29.0 Å². The first-order valence-electron chi connectivity index (χ1n) is 9.11. The average molecular weight is 447 g/mol. The van der Waals surface area contributed by atoms with Gasteiger partial charge < -0.3 is 4.74 Å². The van der Waals surface area contributed by atoms with Gasteiger partial charge in [0.05, 0.1) is 20.9 Å². The van der Waals surface area contributed by atoms with Gasteiger partial charge in [-0.1, -0.05) is 11.6 Å². The van der Waals surface area contributed by atoms with Gasteiger partial charge in [-0.15, -0.1) is 11.3 Å². The molecule has 0 atom stereocenters. The highest BCUT2D eigenvalue weighted by atomic mass is 35.5. The van der Waals surface area contributed by atoms with E-state index in [-0.39, 0.29) is 22.9 Å². The van der Waals surface area contributed by atoms with Crippen LogP contribution in [0.3, 0.4) is 0 Å². The molecule has 2 aromatic carbocycles. The molecular weight excluding hydrogens is 430 g/mol. The van der Waals surface area contributed by atoms with E-state index in [4.69, 9.17) is 16.3 Å². The monoisotopic (exact) mass is 446 g/mol. The highest BCUT2D eigenvalue weighted by Gasteiger charge is 2.17. The first-order chi connectivity index (χ1) is 14.2. The Morgan fingerprint density at radius 2 is 1.90 bits per heavy atom. The fourth-order valence-corrected chi connectivity index (χ4v) is 4.34. The van der Waals surface area contributed by atoms with Crippen LogP contribution in [0.25, 0.3) is 15.9 Å². The summed E-state index contributed by atoms with van der Waals surface area (Å²) in [7, 11) is 0. The first-order valence-corrected chi connectivity index (χ1v) is 10.3. The van der Waals surface area contributed by atoms with Gasteiger partial charge in [-0.2, -0.15) is 0 Å². The fourth-order valence-electron chi connectivity index (χ4n) is 3.30. The summed E-state index contributed by atoms with van der Waals surface area (Å²) < 4.78 is 35.0. The highest BCUT2D eigenvalue weighted by Crippen LogP contribution is 2.29. The molecule has 30 heavy (non-hydrogen) atoms. The summed E-state index contributed by atoms with van der Waals surface area (Å²) in [5.74, 6) is -1.25. The molecule has 0 saturated heterocycles. The Morgan fingerprint density at radius 3 is 2.63 bits per heavy atom. The lowest BCUT2D eigenvalue weighted by molar-refractivity contribution is 0.298. The number of fused-ring (bicyclic) bond motifs is 1. The Bertz CT molecular complexity index is 1350. The topological polar surface area (TPSA) is 44.1 Å². The molecule has 0 aliphatic heterocycles. The lowest BCUT2D eigenvalue weighted by Gasteiger charge is -2.16. The summed E-state index contributed by atoms with van der Waals surface area (Å²) in [6, 6.07) is 8.72. The van der Waals surface area contributed by atoms with Crippen molar-refractivity contribution in [2.75, 3.05) is 0 Å². The van der Waals surface area contributed by atoms with Crippen LogP contribution in [-0.4, -0.2) is 9.55 Å². The molecule has 4 aromatic rings. The van der Waals surface area contributed by atoms with E-state index in [1.54, 1.807) is 24.3 Å². The molecule has 0 aliphatic rings. The third-order valence-corrected chi connectivity index (χ3v) is 6.03. The van der Waals surface area contributed by atoms with E-state index >= 15 is 0 Å². The Hall–Kier alpha value is -2.77. The Labute approximate surface area is 180 Å². The van der Waals surface area contributed by atoms with Crippen LogP contribution in [0.2, 0.25) is 5.02 Å². The molecule has 2 heterocycles. The van der Waals surface area contributed by atoms with E-state index in [9.17, 15) is 13.6 Å². The summed E-state index contributed by atoms with van der Waals surface area (Å²) in [6.07, 6.45) is 0. The second-order valence-electron chi connectivity index (χ2n) is 6.97. The largest absolute Gasteiger partial charge is 0.487 e. The fraction of sp³-hybridized carbons (Fsp3) is 0.182. The van der Waals surface area contributed by atoms with Gasteiger partial charge in [0, 0.05) is 23.4 Å². The van der Waals surface area contributed by atoms with Gasteiger partial charge in [0.15, 0.2) is 0 Å². The number of thiazole rings is 1. The van der Waals surface area contributed by atoms with Crippen molar-refractivity contribution < 1.29 is 13.5 Å². The zero-order valence-corrected chi connectivity index (χ0v) is 18.0. The normalized spacial score (nSPS) is 11.3. The van der Waals surface area contributed by atoms with Gasteiger partial charge in [-0.25, -0.2) is 13.8 Å². The van der Waals surface area contributed by atoms with E-state index in [0.717, 1.165) is 32.9 Å². The number of aromatic nitrogens is 2. The van der Waals surface area contributed by atoms with Crippen LogP contribution in [-0.2, 0) is 6.61 Å². The minimum Gasteiger partial charge on any atom is -0.487 e. The van der Waals surface area contributed by atoms with Crippen molar-refractivity contribution in [2.24, 2.45) is 0 Å². The van der Waals surface area contributed by atoms with Crippen LogP contribution in [0.15, 0.2) is 41.2 Å². The molecule has 8 heteroatoms. The van der Waals surface area contributed by atoms with Gasteiger partial charge in [0.25, 0.3) is 5.56 Å². The molecule has 0 spiro atoms. The van der Waals surface area contributed by atoms with Crippen molar-refractivity contribution in [1.29, 1.82) is 0 Å². The zero-order chi connectivity index (χ0) is 21.6. The Morgan fingerprint density at radius 1 is 1.13 bits per heavy atom. The predicted molar refractivity (Wildman–Crippen MR) is 115 cm³/mol. The van der Waals surface area contributed by atoms with Gasteiger partial charge in [-0.05, 0) is 50.6 Å². The molecule has 154 valence electrons. The third-order valence-electron chi connectivity index (χ3n) is 4.75. The molecule has 0 amide bonds. The molecule has 0 radical (unpaired) electrons. The molecule has 0 fully saturated rings. The van der Waals surface area contributed by atoms with Gasteiger partial charge in [0.2, 0.25) is 0 Å². The second kappa shape index (κ2) is 7.81. The number of benzene rings is 2. The number of aryl methyl sites for hydroxylation is 3. The minimum absolute atomic E-state index is 0.108. The summed E-state index contributed by atoms with van der Waals surface area (Å²) in [5, 5.41) is 0.837. The number of rotatable bonds is 4. The summed E-state index contributed by atoms with van der Waals surface area (Å²) >= 11 is 7.85. The summed E-state index contributed by atoms with van der Waals surface area (Å²) in [6.45, 7) is 5.43. The standard InChI is InChI=1S/C22H17ClF2N2O2S/c1-11-6-17-20(30-13(3)26-17)9-18(11)27-12(2)7-19(21(23)22(27)28)29-10-14-4-5-15(24)8-16(14)25/h4-9H,10H2,1-3H3. The van der Waals surface area contributed by atoms with Crippen molar-refractivity contribution in [3.05, 3.63) is 85.2 Å². The van der Waals surface area contributed by atoms with Crippen molar-refractivity contribution >= 4 is 33.2 Å². The lowest BCUT2D eigenvalue weighted by atomic mass is 10.1. The number of hydrogen-bond acceptors (Lipinski definition) is 4. The highest BCUT2D eigenvalue weighted by molar-refractivity contribution is 7.18. The van der Waals surface area contributed by atoms with Crippen molar-refractivity contribution in [3.63, 3.8) is 0 Å². The first kappa shape index (κ1) is 20.5. The SMILES string of the molecule is Cc1nc2cc(C)c(-n3c(C)cc(OCc4ccc(F)cc4F)c(Cl)c3=O)cc2s1. The van der Waals surface area contributed by atoms with E-state index in [2.05, 4.69) is 4.98 Å². The summed E-state index contributed by atoms with van der Waals surface area (Å²) in [4.78, 5) is 17.5. The molecule has 0 N–H and O–H groups in total. The molecule has 4 nitrogen and oxygen atoms in total. The van der Waals surface area contributed by atoms with Crippen LogP contribution in [0.5, 0.6) is 5.75 Å². The Balaban J connectivity index is 1.73. The van der Waals surface area contributed by atoms with Crippen LogP contribution < -0.4 is 10.3 Å². The number of hydrogen-bond donors (Lipinski definition) is 0. The molecule has 0 bridgehead atoms. The third kappa shape index (κ3) is 3.70. The summed E-state index contributed by atoms with van der Waals surface area (Å²) in [5.41, 5.74) is 2.83. The quantitative estimate of drug-likeness (QED) is 0.393. The second-order valence-corrected chi connectivity index (χ2v) is 8.58. The smallest absolute Gasteiger partial charge is 0.277 e. The molecular formula is C22H17ClF2N2O2S. The maximum absolute atomic E-state index is 13.8. The molecule has 0 saturated carbocycles. The maximum atomic E-state index is 13.8. The van der Waals surface area contributed by atoms with Crippen LogP contribution in [0, 0.1) is 32.4 Å². The van der Waals surface area contributed by atoms with E-state index in [0.29, 0.717) is 11.4 Å². The number of ether oxygens (including phenoxy) is 1. The van der Waals surface area contributed by atoms with Crippen LogP contribution >= 0.6 is 22.9 Å². The average Bonchev–Trinajstić information content (AvgIpc) is 3.03. The van der Waals surface area contributed by atoms with Gasteiger partial charge in [-0.3, -0.25) is 9.36 Å². The van der Waals surface area contributed by atoms with Crippen molar-refractivity contribution in [2.45, 2.75) is 27.4 Å². The minimum atomic E-state index is -0.722. The number of pyridine rings is 1. The molecule has 2 aromatic heterocycles. The van der Waals surface area contributed by atoms with E-state index in [1.807, 2.05) is 26.0 Å². The van der Waals surface area contributed by atoms with Gasteiger partial charge >= 0.3 is 0 Å². The maximum Gasteiger partial charge on any atom is 0.277 e.